The molecule has 1 aliphatic heterocycles. The molecule has 0 aliphatic carbocycles. The van der Waals surface area contributed by atoms with Crippen LogP contribution >= 0.6 is 0 Å². The third-order valence-corrected chi connectivity index (χ3v) is 5.97. The number of ether oxygens (including phenoxy) is 3. The number of piperazine rings is 1. The quantitative estimate of drug-likeness (QED) is 0.610. The number of methoxy groups -OCH3 is 3. The van der Waals surface area contributed by atoms with E-state index in [1.807, 2.05) is 54.5 Å². The lowest BCUT2D eigenvalue weighted by molar-refractivity contribution is 0.0627. The summed E-state index contributed by atoms with van der Waals surface area (Å²) >= 11 is 0. The number of rotatable bonds is 6. The number of benzene rings is 2. The minimum absolute atomic E-state index is 0.0918. The molecule has 4 rings (SSSR count). The van der Waals surface area contributed by atoms with Crippen LogP contribution in [0.25, 0.3) is 10.9 Å². The minimum atomic E-state index is 0.0918. The molecule has 2 heterocycles. The van der Waals surface area contributed by atoms with Crippen LogP contribution in [0, 0.1) is 0 Å². The summed E-state index contributed by atoms with van der Waals surface area (Å²) in [5.74, 6) is 2.03. The van der Waals surface area contributed by atoms with Crippen molar-refractivity contribution in [2.45, 2.75) is 6.54 Å². The molecule has 31 heavy (non-hydrogen) atoms. The molecule has 164 valence electrons. The maximum absolute atomic E-state index is 13.0. The van der Waals surface area contributed by atoms with E-state index >= 15 is 0 Å². The van der Waals surface area contributed by atoms with E-state index < -0.39 is 0 Å². The van der Waals surface area contributed by atoms with E-state index in [1.54, 1.807) is 21.3 Å². The van der Waals surface area contributed by atoms with E-state index in [0.29, 0.717) is 30.3 Å². The van der Waals surface area contributed by atoms with Gasteiger partial charge in [0.05, 0.1) is 21.3 Å². The van der Waals surface area contributed by atoms with Crippen molar-refractivity contribution in [3.05, 3.63) is 53.7 Å². The van der Waals surface area contributed by atoms with Gasteiger partial charge in [0.15, 0.2) is 11.5 Å². The van der Waals surface area contributed by atoms with Crippen LogP contribution in [0.3, 0.4) is 0 Å². The number of carbonyl (C=O) groups is 1. The Morgan fingerprint density at radius 1 is 0.903 bits per heavy atom. The van der Waals surface area contributed by atoms with Gasteiger partial charge in [0.2, 0.25) is 5.75 Å². The Labute approximate surface area is 182 Å². The molecule has 3 aromatic rings. The van der Waals surface area contributed by atoms with E-state index in [0.717, 1.165) is 41.7 Å². The van der Waals surface area contributed by atoms with E-state index in [2.05, 4.69) is 9.47 Å². The van der Waals surface area contributed by atoms with Crippen molar-refractivity contribution in [2.24, 2.45) is 7.05 Å². The zero-order valence-electron chi connectivity index (χ0n) is 18.6. The molecule has 0 radical (unpaired) electrons. The second kappa shape index (κ2) is 8.89. The molecule has 0 N–H and O–H groups in total. The molecule has 1 amide bonds. The molecule has 1 saturated heterocycles. The van der Waals surface area contributed by atoms with Crippen LogP contribution in [0.4, 0.5) is 0 Å². The van der Waals surface area contributed by atoms with Crippen LogP contribution in [-0.2, 0) is 13.6 Å². The Bertz CT molecular complexity index is 1080. The molecule has 7 nitrogen and oxygen atoms in total. The van der Waals surface area contributed by atoms with Crippen LogP contribution in [0.2, 0.25) is 0 Å². The summed E-state index contributed by atoms with van der Waals surface area (Å²) in [7, 11) is 6.88. The van der Waals surface area contributed by atoms with Crippen LogP contribution in [-0.4, -0.2) is 67.8 Å². The SMILES string of the molecule is COc1ccc(CN2CCN(C(=O)c3ccc4c(ccn4C)c3)CC2)c(OC)c1OC. The highest BCUT2D eigenvalue weighted by Crippen LogP contribution is 2.40. The number of fused-ring (bicyclic) bond motifs is 1. The van der Waals surface area contributed by atoms with Gasteiger partial charge >= 0.3 is 0 Å². The highest BCUT2D eigenvalue weighted by atomic mass is 16.5. The molecule has 1 fully saturated rings. The van der Waals surface area contributed by atoms with Crippen molar-refractivity contribution < 1.29 is 19.0 Å². The zero-order chi connectivity index (χ0) is 22.0. The second-order valence-electron chi connectivity index (χ2n) is 7.76. The molecule has 2 aromatic carbocycles. The fourth-order valence-electron chi connectivity index (χ4n) is 4.23. The Kier molecular flexibility index (Phi) is 6.04. The van der Waals surface area contributed by atoms with Crippen molar-refractivity contribution in [1.82, 2.24) is 14.4 Å². The number of nitrogens with zero attached hydrogens (tertiary/aromatic N) is 3. The first-order valence-corrected chi connectivity index (χ1v) is 10.4. The van der Waals surface area contributed by atoms with Crippen LogP contribution in [0.1, 0.15) is 15.9 Å². The zero-order valence-corrected chi connectivity index (χ0v) is 18.6. The number of hydrogen-bond donors (Lipinski definition) is 0. The van der Waals surface area contributed by atoms with Gasteiger partial charge in [0.1, 0.15) is 0 Å². The van der Waals surface area contributed by atoms with Crippen molar-refractivity contribution in [2.75, 3.05) is 47.5 Å². The van der Waals surface area contributed by atoms with Gasteiger partial charge in [-0.1, -0.05) is 6.07 Å². The van der Waals surface area contributed by atoms with Gasteiger partial charge in [-0.2, -0.15) is 0 Å². The first kappa shape index (κ1) is 21.1. The van der Waals surface area contributed by atoms with Crippen LogP contribution in [0.5, 0.6) is 17.2 Å². The molecule has 0 bridgehead atoms. The van der Waals surface area contributed by atoms with Gasteiger partial charge in [-0.3, -0.25) is 9.69 Å². The standard InChI is InChI=1S/C24H29N3O4/c1-25-10-9-17-15-18(5-7-20(17)25)24(28)27-13-11-26(12-14-27)16-19-6-8-21(29-2)23(31-4)22(19)30-3/h5-10,15H,11-14,16H2,1-4H3. The van der Waals surface area contributed by atoms with Crippen molar-refractivity contribution in [1.29, 1.82) is 0 Å². The molecule has 0 saturated carbocycles. The molecular weight excluding hydrogens is 394 g/mol. The van der Waals surface area contributed by atoms with Crippen molar-refractivity contribution in [3.8, 4) is 17.2 Å². The van der Waals surface area contributed by atoms with Gasteiger partial charge in [0, 0.05) is 68.0 Å². The highest BCUT2D eigenvalue weighted by molar-refractivity contribution is 5.98. The summed E-state index contributed by atoms with van der Waals surface area (Å²) in [4.78, 5) is 17.3. The molecule has 0 spiro atoms. The monoisotopic (exact) mass is 423 g/mol. The summed E-state index contributed by atoms with van der Waals surface area (Å²) in [5, 5.41) is 1.09. The molecule has 7 heteroatoms. The average Bonchev–Trinajstić information content (AvgIpc) is 3.18. The lowest BCUT2D eigenvalue weighted by atomic mass is 10.1. The molecule has 1 aromatic heterocycles. The second-order valence-corrected chi connectivity index (χ2v) is 7.76. The van der Waals surface area contributed by atoms with E-state index in [1.165, 1.54) is 0 Å². The first-order chi connectivity index (χ1) is 15.0. The lowest BCUT2D eigenvalue weighted by Gasteiger charge is -2.35. The van der Waals surface area contributed by atoms with Crippen LogP contribution < -0.4 is 14.2 Å². The Morgan fingerprint density at radius 2 is 1.65 bits per heavy atom. The smallest absolute Gasteiger partial charge is 0.253 e. The summed E-state index contributed by atoms with van der Waals surface area (Å²) in [6.07, 6.45) is 2.01. The number of amides is 1. The van der Waals surface area contributed by atoms with E-state index in [4.69, 9.17) is 14.2 Å². The van der Waals surface area contributed by atoms with Gasteiger partial charge in [-0.05, 0) is 30.3 Å². The Morgan fingerprint density at radius 3 is 2.32 bits per heavy atom. The number of aromatic nitrogens is 1. The minimum Gasteiger partial charge on any atom is -0.493 e. The highest BCUT2D eigenvalue weighted by Gasteiger charge is 2.24. The van der Waals surface area contributed by atoms with Crippen LogP contribution in [0.15, 0.2) is 42.6 Å². The predicted octanol–water partition coefficient (Wildman–Crippen LogP) is 3.16. The average molecular weight is 424 g/mol. The fourth-order valence-corrected chi connectivity index (χ4v) is 4.23. The Hall–Kier alpha value is -3.19. The Balaban J connectivity index is 1.42. The van der Waals surface area contributed by atoms with Gasteiger partial charge < -0.3 is 23.7 Å². The largest absolute Gasteiger partial charge is 0.493 e. The summed E-state index contributed by atoms with van der Waals surface area (Å²) in [6.45, 7) is 3.72. The van der Waals surface area contributed by atoms with Gasteiger partial charge in [-0.15, -0.1) is 0 Å². The summed E-state index contributed by atoms with van der Waals surface area (Å²) < 4.78 is 18.5. The molecule has 0 atom stereocenters. The number of hydrogen-bond acceptors (Lipinski definition) is 5. The summed E-state index contributed by atoms with van der Waals surface area (Å²) in [6, 6.07) is 11.9. The normalized spacial score (nSPS) is 14.6. The van der Waals surface area contributed by atoms with E-state index in [9.17, 15) is 4.79 Å². The predicted molar refractivity (Wildman–Crippen MR) is 120 cm³/mol. The van der Waals surface area contributed by atoms with Gasteiger partial charge in [0.25, 0.3) is 5.91 Å². The molecule has 0 unspecified atom stereocenters. The maximum atomic E-state index is 13.0. The maximum Gasteiger partial charge on any atom is 0.253 e. The molecular formula is C24H29N3O4. The lowest BCUT2D eigenvalue weighted by Crippen LogP contribution is -2.48. The fraction of sp³-hybridized carbons (Fsp3) is 0.375. The summed E-state index contributed by atoms with van der Waals surface area (Å²) in [5.41, 5.74) is 2.91. The first-order valence-electron chi connectivity index (χ1n) is 10.4. The van der Waals surface area contributed by atoms with Crippen molar-refractivity contribution >= 4 is 16.8 Å². The number of aryl methyl sites for hydroxylation is 1. The topological polar surface area (TPSA) is 56.2 Å². The van der Waals surface area contributed by atoms with Gasteiger partial charge in [-0.25, -0.2) is 0 Å². The van der Waals surface area contributed by atoms with Crippen molar-refractivity contribution in [3.63, 3.8) is 0 Å². The third-order valence-electron chi connectivity index (χ3n) is 5.97. The molecule has 1 aliphatic rings. The number of carbonyl (C=O) groups excluding carboxylic acids is 1. The van der Waals surface area contributed by atoms with E-state index in [-0.39, 0.29) is 5.91 Å². The third kappa shape index (κ3) is 4.05.